The van der Waals surface area contributed by atoms with Crippen molar-refractivity contribution in [2.75, 3.05) is 0 Å². The van der Waals surface area contributed by atoms with Crippen molar-refractivity contribution in [1.29, 1.82) is 0 Å². The molecule has 39 heavy (non-hydrogen) atoms. The topological polar surface area (TPSA) is 9.23 Å². The molecule has 0 aliphatic carbocycles. The molecule has 0 N–H and O–H groups in total. The highest BCUT2D eigenvalue weighted by atomic mass is 19.4. The van der Waals surface area contributed by atoms with Crippen molar-refractivity contribution in [3.63, 3.8) is 0 Å². The number of benzene rings is 4. The summed E-state index contributed by atoms with van der Waals surface area (Å²) in [5.74, 6) is -3.63. The number of alkyl halides is 3. The second-order valence-electron chi connectivity index (χ2n) is 9.55. The maximum atomic E-state index is 15.2. The van der Waals surface area contributed by atoms with Crippen LogP contribution in [-0.4, -0.2) is 6.36 Å². The van der Waals surface area contributed by atoms with Crippen LogP contribution < -0.4 is 4.74 Å². The summed E-state index contributed by atoms with van der Waals surface area (Å²) < 4.78 is 98.8. The van der Waals surface area contributed by atoms with Gasteiger partial charge in [0.05, 0.1) is 0 Å². The molecule has 4 aromatic carbocycles. The predicted octanol–water partition coefficient (Wildman–Crippen LogP) is 9.21. The molecule has 0 aromatic heterocycles. The molecule has 206 valence electrons. The zero-order chi connectivity index (χ0) is 28.2. The fourth-order valence-electron chi connectivity index (χ4n) is 4.61. The van der Waals surface area contributed by atoms with Gasteiger partial charge in [0, 0.05) is 10.9 Å². The lowest BCUT2D eigenvalue weighted by Crippen LogP contribution is -2.18. The van der Waals surface area contributed by atoms with Crippen LogP contribution in [0.1, 0.15) is 47.6 Å². The Labute approximate surface area is 222 Å². The van der Waals surface area contributed by atoms with Crippen molar-refractivity contribution in [3.8, 4) is 5.75 Å². The summed E-state index contributed by atoms with van der Waals surface area (Å²) in [5.41, 5.74) is 2.25. The van der Waals surface area contributed by atoms with Crippen molar-refractivity contribution in [2.45, 2.75) is 58.2 Å². The highest BCUT2D eigenvalue weighted by Gasteiger charge is 2.32. The van der Waals surface area contributed by atoms with E-state index in [4.69, 9.17) is 0 Å². The number of ether oxygens (including phenoxy) is 1. The standard InChI is InChI=1S/C31H27F7O/c1-2-3-4-21-17-26(32)25(27(33)18-21)13-7-19-6-12-24-23(15-19)11-10-22(30(24)35)9-5-20-8-14-29(28(34)16-20)39-31(36,37)38/h6,8,10-12,14-18H,2-5,7,9,13H2,1H3. The van der Waals surface area contributed by atoms with E-state index in [2.05, 4.69) is 4.74 Å². The average Bonchev–Trinajstić information content (AvgIpc) is 2.87. The molecule has 0 heterocycles. The van der Waals surface area contributed by atoms with Gasteiger partial charge in [-0.1, -0.05) is 49.7 Å². The van der Waals surface area contributed by atoms with Gasteiger partial charge in [0.15, 0.2) is 11.6 Å². The first-order valence-electron chi connectivity index (χ1n) is 12.7. The number of fused-ring (bicyclic) bond motifs is 1. The molecule has 4 rings (SSSR count). The number of hydrogen-bond donors (Lipinski definition) is 0. The van der Waals surface area contributed by atoms with Crippen LogP contribution in [0.15, 0.2) is 60.7 Å². The van der Waals surface area contributed by atoms with Crippen LogP contribution in [0.3, 0.4) is 0 Å². The Morgan fingerprint density at radius 3 is 1.95 bits per heavy atom. The van der Waals surface area contributed by atoms with Crippen LogP contribution in [-0.2, 0) is 32.1 Å². The second kappa shape index (κ2) is 12.1. The van der Waals surface area contributed by atoms with Gasteiger partial charge in [0.25, 0.3) is 0 Å². The van der Waals surface area contributed by atoms with Gasteiger partial charge in [-0.25, -0.2) is 17.6 Å². The minimum atomic E-state index is -5.00. The van der Waals surface area contributed by atoms with Gasteiger partial charge in [-0.3, -0.25) is 0 Å². The number of hydrogen-bond acceptors (Lipinski definition) is 1. The molecule has 0 unspecified atom stereocenters. The molecule has 0 fully saturated rings. The molecule has 1 nitrogen and oxygen atoms in total. The van der Waals surface area contributed by atoms with E-state index in [0.717, 1.165) is 30.5 Å². The Kier molecular flexibility index (Phi) is 8.83. The smallest absolute Gasteiger partial charge is 0.403 e. The normalized spacial score (nSPS) is 11.8. The fraction of sp³-hybridized carbons (Fsp3) is 0.290. The lowest BCUT2D eigenvalue weighted by molar-refractivity contribution is -0.275. The molecule has 0 saturated heterocycles. The summed E-state index contributed by atoms with van der Waals surface area (Å²) in [7, 11) is 0. The molecular weight excluding hydrogens is 521 g/mol. The Bertz CT molecular complexity index is 1440. The van der Waals surface area contributed by atoms with E-state index in [0.29, 0.717) is 40.3 Å². The number of aryl methyl sites for hydroxylation is 4. The van der Waals surface area contributed by atoms with Gasteiger partial charge in [-0.2, -0.15) is 0 Å². The molecule has 0 spiro atoms. The third kappa shape index (κ3) is 7.31. The highest BCUT2D eigenvalue weighted by molar-refractivity contribution is 5.84. The Balaban J connectivity index is 1.43. The van der Waals surface area contributed by atoms with Crippen LogP contribution in [0.25, 0.3) is 10.8 Å². The summed E-state index contributed by atoms with van der Waals surface area (Å²) in [6.45, 7) is 2.02. The van der Waals surface area contributed by atoms with Crippen molar-refractivity contribution >= 4 is 10.8 Å². The first-order valence-corrected chi connectivity index (χ1v) is 12.7. The van der Waals surface area contributed by atoms with Crippen molar-refractivity contribution in [1.82, 2.24) is 0 Å². The monoisotopic (exact) mass is 548 g/mol. The molecule has 4 aromatic rings. The summed E-state index contributed by atoms with van der Waals surface area (Å²) >= 11 is 0. The fourth-order valence-corrected chi connectivity index (χ4v) is 4.61. The lowest BCUT2D eigenvalue weighted by Gasteiger charge is -2.12. The van der Waals surface area contributed by atoms with E-state index in [1.165, 1.54) is 18.2 Å². The summed E-state index contributed by atoms with van der Waals surface area (Å²) in [6.07, 6.45) is -1.62. The van der Waals surface area contributed by atoms with Crippen molar-refractivity contribution < 1.29 is 35.5 Å². The maximum absolute atomic E-state index is 15.2. The van der Waals surface area contributed by atoms with E-state index < -0.39 is 35.4 Å². The first kappa shape index (κ1) is 28.5. The van der Waals surface area contributed by atoms with Crippen LogP contribution in [0.2, 0.25) is 0 Å². The second-order valence-corrected chi connectivity index (χ2v) is 9.55. The largest absolute Gasteiger partial charge is 0.573 e. The van der Waals surface area contributed by atoms with Crippen LogP contribution in [0.5, 0.6) is 5.75 Å². The summed E-state index contributed by atoms with van der Waals surface area (Å²) in [5, 5.41) is 0.998. The van der Waals surface area contributed by atoms with E-state index in [9.17, 15) is 26.3 Å². The van der Waals surface area contributed by atoms with Gasteiger partial charge in [0.2, 0.25) is 0 Å². The Morgan fingerprint density at radius 2 is 1.28 bits per heavy atom. The molecule has 0 bridgehead atoms. The van der Waals surface area contributed by atoms with Gasteiger partial charge in [0.1, 0.15) is 17.5 Å². The van der Waals surface area contributed by atoms with Crippen molar-refractivity contribution in [2.24, 2.45) is 0 Å². The minimum absolute atomic E-state index is 0.0336. The third-order valence-corrected chi connectivity index (χ3v) is 6.69. The lowest BCUT2D eigenvalue weighted by atomic mass is 9.96. The van der Waals surface area contributed by atoms with Crippen molar-refractivity contribution in [3.05, 3.63) is 112 Å². The molecule has 0 aliphatic rings. The average molecular weight is 549 g/mol. The first-order chi connectivity index (χ1) is 18.5. The SMILES string of the molecule is CCCCc1cc(F)c(CCc2ccc3c(F)c(CCc4ccc(OC(F)(F)F)c(F)c4)ccc3c2)c(F)c1. The van der Waals surface area contributed by atoms with Gasteiger partial charge in [-0.15, -0.1) is 13.2 Å². The Hall–Kier alpha value is -3.55. The summed E-state index contributed by atoms with van der Waals surface area (Å²) in [4.78, 5) is 0. The van der Waals surface area contributed by atoms with E-state index in [1.807, 2.05) is 6.92 Å². The van der Waals surface area contributed by atoms with E-state index in [-0.39, 0.29) is 24.8 Å². The molecular formula is C31H27F7O. The third-order valence-electron chi connectivity index (χ3n) is 6.69. The molecule has 0 atom stereocenters. The van der Waals surface area contributed by atoms with E-state index >= 15 is 4.39 Å². The maximum Gasteiger partial charge on any atom is 0.573 e. The van der Waals surface area contributed by atoms with Gasteiger partial charge >= 0.3 is 6.36 Å². The quantitative estimate of drug-likeness (QED) is 0.180. The highest BCUT2D eigenvalue weighted by Crippen LogP contribution is 2.28. The zero-order valence-corrected chi connectivity index (χ0v) is 21.3. The number of rotatable bonds is 10. The molecule has 0 saturated carbocycles. The minimum Gasteiger partial charge on any atom is -0.403 e. The number of unbranched alkanes of at least 4 members (excludes halogenated alkanes) is 1. The number of halogens is 7. The zero-order valence-electron chi connectivity index (χ0n) is 21.3. The Morgan fingerprint density at radius 1 is 0.641 bits per heavy atom. The predicted molar refractivity (Wildman–Crippen MR) is 137 cm³/mol. The van der Waals surface area contributed by atoms with Gasteiger partial charge in [-0.05, 0) is 90.4 Å². The molecule has 8 heteroatoms. The van der Waals surface area contributed by atoms with Crippen LogP contribution >= 0.6 is 0 Å². The van der Waals surface area contributed by atoms with Crippen LogP contribution in [0.4, 0.5) is 30.7 Å². The molecule has 0 aliphatic heterocycles. The summed E-state index contributed by atoms with van der Waals surface area (Å²) in [6, 6.07) is 14.4. The van der Waals surface area contributed by atoms with Crippen LogP contribution in [0, 0.1) is 23.3 Å². The van der Waals surface area contributed by atoms with Gasteiger partial charge < -0.3 is 4.74 Å². The molecule has 0 radical (unpaired) electrons. The van der Waals surface area contributed by atoms with E-state index in [1.54, 1.807) is 30.3 Å². The molecule has 0 amide bonds.